The maximum atomic E-state index is 12.1. The molecule has 0 aliphatic carbocycles. The number of para-hydroxylation sites is 1. The lowest BCUT2D eigenvalue weighted by atomic mass is 10.2. The lowest BCUT2D eigenvalue weighted by molar-refractivity contribution is 0.0998. The number of carbonyl (C=O) groups is 1. The summed E-state index contributed by atoms with van der Waals surface area (Å²) in [6, 6.07) is 16.2. The van der Waals surface area contributed by atoms with E-state index >= 15 is 0 Å². The first-order valence-electron chi connectivity index (χ1n) is 6.26. The van der Waals surface area contributed by atoms with Crippen LogP contribution in [0.4, 0.5) is 5.69 Å². The van der Waals surface area contributed by atoms with E-state index in [1.807, 2.05) is 24.3 Å². The van der Waals surface area contributed by atoms with E-state index in [1.165, 1.54) is 0 Å². The van der Waals surface area contributed by atoms with Crippen molar-refractivity contribution in [1.82, 2.24) is 0 Å². The summed E-state index contributed by atoms with van der Waals surface area (Å²) >= 11 is 0. The quantitative estimate of drug-likeness (QED) is 0.766. The van der Waals surface area contributed by atoms with Crippen molar-refractivity contribution in [2.45, 2.75) is 6.61 Å². The molecule has 4 heteroatoms. The Hall–Kier alpha value is -2.59. The molecule has 0 aliphatic rings. The molecule has 0 aliphatic heterocycles. The highest BCUT2D eigenvalue weighted by atomic mass is 16.3. The molecule has 1 amide bonds. The first-order valence-corrected chi connectivity index (χ1v) is 6.26. The van der Waals surface area contributed by atoms with Crippen molar-refractivity contribution in [2.75, 3.05) is 5.32 Å². The molecule has 0 radical (unpaired) electrons. The summed E-state index contributed by atoms with van der Waals surface area (Å²) in [4.78, 5) is 12.1. The van der Waals surface area contributed by atoms with Crippen molar-refractivity contribution in [3.05, 3.63) is 65.9 Å². The maximum absolute atomic E-state index is 12.1. The molecule has 2 N–H and O–H groups in total. The topological polar surface area (TPSA) is 62.5 Å². The largest absolute Gasteiger partial charge is 0.451 e. The van der Waals surface area contributed by atoms with Crippen LogP contribution in [0.2, 0.25) is 0 Å². The molecule has 1 aromatic heterocycles. The lowest BCUT2D eigenvalue weighted by Crippen LogP contribution is -2.10. The van der Waals surface area contributed by atoms with Crippen molar-refractivity contribution >= 4 is 22.6 Å². The molecule has 4 nitrogen and oxygen atoms in total. The molecule has 0 bridgehead atoms. The first-order chi connectivity index (χ1) is 9.76. The van der Waals surface area contributed by atoms with Crippen molar-refractivity contribution in [2.24, 2.45) is 0 Å². The number of aliphatic hydroxyl groups excluding tert-OH is 1. The number of aliphatic hydroxyl groups is 1. The van der Waals surface area contributed by atoms with Crippen LogP contribution in [0, 0.1) is 0 Å². The minimum atomic E-state index is -0.309. The predicted octanol–water partition coefficient (Wildman–Crippen LogP) is 3.18. The van der Waals surface area contributed by atoms with E-state index in [0.717, 1.165) is 10.9 Å². The standard InChI is InChI=1S/C16H13NO3/c18-10-11-4-3-6-13(8-11)17-16(19)15-9-12-5-1-2-7-14(12)20-15/h1-9,18H,10H2,(H,17,19). The highest BCUT2D eigenvalue weighted by Gasteiger charge is 2.12. The van der Waals surface area contributed by atoms with Crippen LogP contribution in [0.25, 0.3) is 11.0 Å². The van der Waals surface area contributed by atoms with Gasteiger partial charge in [-0.05, 0) is 29.8 Å². The van der Waals surface area contributed by atoms with E-state index < -0.39 is 0 Å². The second-order valence-electron chi connectivity index (χ2n) is 4.46. The Balaban J connectivity index is 1.85. The van der Waals surface area contributed by atoms with Gasteiger partial charge in [0.1, 0.15) is 5.58 Å². The molecule has 3 aromatic rings. The van der Waals surface area contributed by atoms with Crippen molar-refractivity contribution < 1.29 is 14.3 Å². The predicted molar refractivity (Wildman–Crippen MR) is 76.5 cm³/mol. The Morgan fingerprint density at radius 1 is 1.10 bits per heavy atom. The van der Waals surface area contributed by atoms with Gasteiger partial charge in [-0.15, -0.1) is 0 Å². The summed E-state index contributed by atoms with van der Waals surface area (Å²) < 4.78 is 5.50. The van der Waals surface area contributed by atoms with E-state index in [2.05, 4.69) is 5.32 Å². The molecular weight excluding hydrogens is 254 g/mol. The summed E-state index contributed by atoms with van der Waals surface area (Å²) in [6.45, 7) is -0.0612. The number of anilines is 1. The third-order valence-electron chi connectivity index (χ3n) is 3.02. The van der Waals surface area contributed by atoms with Crippen LogP contribution in [-0.4, -0.2) is 11.0 Å². The second-order valence-corrected chi connectivity index (χ2v) is 4.46. The average Bonchev–Trinajstić information content (AvgIpc) is 2.91. The second kappa shape index (κ2) is 5.19. The van der Waals surface area contributed by atoms with Gasteiger partial charge in [0, 0.05) is 11.1 Å². The van der Waals surface area contributed by atoms with Gasteiger partial charge < -0.3 is 14.8 Å². The molecule has 0 saturated heterocycles. The minimum Gasteiger partial charge on any atom is -0.451 e. The molecule has 0 unspecified atom stereocenters. The third-order valence-corrected chi connectivity index (χ3v) is 3.02. The molecule has 0 atom stereocenters. The van der Waals surface area contributed by atoms with Crippen LogP contribution in [-0.2, 0) is 6.61 Å². The van der Waals surface area contributed by atoms with Crippen molar-refractivity contribution in [1.29, 1.82) is 0 Å². The highest BCUT2D eigenvalue weighted by molar-refractivity contribution is 6.04. The van der Waals surface area contributed by atoms with E-state index in [-0.39, 0.29) is 18.3 Å². The van der Waals surface area contributed by atoms with Gasteiger partial charge in [-0.25, -0.2) is 0 Å². The van der Waals surface area contributed by atoms with Gasteiger partial charge >= 0.3 is 0 Å². The number of hydrogen-bond donors (Lipinski definition) is 2. The lowest BCUT2D eigenvalue weighted by Gasteiger charge is -2.04. The maximum Gasteiger partial charge on any atom is 0.291 e. The molecular formula is C16H13NO3. The summed E-state index contributed by atoms with van der Waals surface area (Å²) in [7, 11) is 0. The number of hydrogen-bond acceptors (Lipinski definition) is 3. The first kappa shape index (κ1) is 12.4. The molecule has 0 saturated carbocycles. The summed E-state index contributed by atoms with van der Waals surface area (Å²) in [6.07, 6.45) is 0. The summed E-state index contributed by atoms with van der Waals surface area (Å²) in [5.41, 5.74) is 2.05. The molecule has 3 rings (SSSR count). The molecule has 100 valence electrons. The molecule has 0 fully saturated rings. The van der Waals surface area contributed by atoms with Crippen LogP contribution >= 0.6 is 0 Å². The van der Waals surface area contributed by atoms with Gasteiger partial charge in [0.2, 0.25) is 0 Å². The Labute approximate surface area is 115 Å². The molecule has 0 spiro atoms. The van der Waals surface area contributed by atoms with Gasteiger partial charge in [-0.3, -0.25) is 4.79 Å². The number of amides is 1. The number of rotatable bonds is 3. The minimum absolute atomic E-state index is 0.0612. The SMILES string of the molecule is O=C(Nc1cccc(CO)c1)c1cc2ccccc2o1. The van der Waals surface area contributed by atoms with Gasteiger partial charge in [0.25, 0.3) is 5.91 Å². The van der Waals surface area contributed by atoms with E-state index in [1.54, 1.807) is 30.3 Å². The normalized spacial score (nSPS) is 10.7. The van der Waals surface area contributed by atoms with Gasteiger partial charge in [0.15, 0.2) is 5.76 Å². The monoisotopic (exact) mass is 267 g/mol. The van der Waals surface area contributed by atoms with Gasteiger partial charge in [0.05, 0.1) is 6.61 Å². The fourth-order valence-corrected chi connectivity index (χ4v) is 2.03. The fraction of sp³-hybridized carbons (Fsp3) is 0.0625. The molecule has 2 aromatic carbocycles. The van der Waals surface area contributed by atoms with E-state index in [0.29, 0.717) is 11.3 Å². The van der Waals surface area contributed by atoms with Crippen LogP contribution in [0.1, 0.15) is 16.1 Å². The van der Waals surface area contributed by atoms with Gasteiger partial charge in [-0.2, -0.15) is 0 Å². The fourth-order valence-electron chi connectivity index (χ4n) is 2.03. The molecule has 20 heavy (non-hydrogen) atoms. The highest BCUT2D eigenvalue weighted by Crippen LogP contribution is 2.20. The van der Waals surface area contributed by atoms with Crippen LogP contribution < -0.4 is 5.32 Å². The smallest absolute Gasteiger partial charge is 0.291 e. The zero-order valence-electron chi connectivity index (χ0n) is 10.7. The van der Waals surface area contributed by atoms with Crippen LogP contribution in [0.3, 0.4) is 0 Å². The Morgan fingerprint density at radius 3 is 2.75 bits per heavy atom. The Morgan fingerprint density at radius 2 is 1.95 bits per heavy atom. The number of fused-ring (bicyclic) bond motifs is 1. The third kappa shape index (κ3) is 2.41. The number of nitrogens with one attached hydrogen (secondary N) is 1. The summed E-state index contributed by atoms with van der Waals surface area (Å²) in [5, 5.41) is 12.7. The van der Waals surface area contributed by atoms with E-state index in [9.17, 15) is 4.79 Å². The number of furan rings is 1. The Kier molecular flexibility index (Phi) is 3.23. The van der Waals surface area contributed by atoms with E-state index in [4.69, 9.17) is 9.52 Å². The van der Waals surface area contributed by atoms with Gasteiger partial charge in [-0.1, -0.05) is 30.3 Å². The van der Waals surface area contributed by atoms with Crippen LogP contribution in [0.15, 0.2) is 59.0 Å². The Bertz CT molecular complexity index is 728. The zero-order valence-corrected chi connectivity index (χ0v) is 10.7. The van der Waals surface area contributed by atoms with Crippen molar-refractivity contribution in [3.63, 3.8) is 0 Å². The number of benzene rings is 2. The van der Waals surface area contributed by atoms with Crippen molar-refractivity contribution in [3.8, 4) is 0 Å². The number of carbonyl (C=O) groups excluding carboxylic acids is 1. The molecule has 1 heterocycles. The average molecular weight is 267 g/mol. The summed E-state index contributed by atoms with van der Waals surface area (Å²) in [5.74, 6) is -0.0445. The van der Waals surface area contributed by atoms with Crippen LogP contribution in [0.5, 0.6) is 0 Å². The zero-order chi connectivity index (χ0) is 13.9.